The van der Waals surface area contributed by atoms with Crippen molar-refractivity contribution in [3.05, 3.63) is 35.9 Å². The van der Waals surface area contributed by atoms with Crippen LogP contribution >= 0.6 is 0 Å². The Hall–Kier alpha value is -1.59. The first-order valence-electron chi connectivity index (χ1n) is 5.70. The highest BCUT2D eigenvalue weighted by Gasteiger charge is 2.28. The Morgan fingerprint density at radius 1 is 1.47 bits per heavy atom. The van der Waals surface area contributed by atoms with Gasteiger partial charge in [0.2, 0.25) is 0 Å². The zero-order chi connectivity index (χ0) is 12.3. The van der Waals surface area contributed by atoms with E-state index >= 15 is 0 Å². The van der Waals surface area contributed by atoms with Gasteiger partial charge in [0, 0.05) is 19.6 Å². The van der Waals surface area contributed by atoms with Crippen molar-refractivity contribution in [2.45, 2.75) is 19.0 Å². The Labute approximate surface area is 100 Å². The molecule has 1 heterocycles. The summed E-state index contributed by atoms with van der Waals surface area (Å²) in [6.07, 6.45) is -0.258. The van der Waals surface area contributed by atoms with Crippen molar-refractivity contribution >= 4 is 6.09 Å². The summed E-state index contributed by atoms with van der Waals surface area (Å²) in [7, 11) is 0. The van der Waals surface area contributed by atoms with Crippen molar-refractivity contribution < 1.29 is 9.90 Å². The van der Waals surface area contributed by atoms with Gasteiger partial charge in [0.25, 0.3) is 0 Å². The molecule has 0 saturated carbocycles. The fraction of sp³-hybridized carbons (Fsp3) is 0.417. The molecule has 0 radical (unpaired) electrons. The Bertz CT molecular complexity index is 383. The van der Waals surface area contributed by atoms with Gasteiger partial charge in [0.05, 0.1) is 6.04 Å². The zero-order valence-corrected chi connectivity index (χ0v) is 9.62. The summed E-state index contributed by atoms with van der Waals surface area (Å²) in [4.78, 5) is 13.0. The topological polar surface area (TPSA) is 69.8 Å². The molecule has 0 aliphatic carbocycles. The van der Waals surface area contributed by atoms with Crippen LogP contribution in [-0.4, -0.2) is 40.2 Å². The highest BCUT2D eigenvalue weighted by Crippen LogP contribution is 2.16. The monoisotopic (exact) mass is 235 g/mol. The molecule has 1 atom stereocenters. The van der Waals surface area contributed by atoms with Crippen molar-refractivity contribution in [1.82, 2.24) is 9.91 Å². The van der Waals surface area contributed by atoms with E-state index in [0.29, 0.717) is 6.54 Å². The SMILES string of the molecule is NN(C(=O)O)C1CCN(Cc2ccccc2)C1. The molecule has 2 rings (SSSR count). The van der Waals surface area contributed by atoms with E-state index in [1.54, 1.807) is 0 Å². The van der Waals surface area contributed by atoms with E-state index in [1.165, 1.54) is 5.56 Å². The largest absolute Gasteiger partial charge is 0.464 e. The van der Waals surface area contributed by atoms with Gasteiger partial charge < -0.3 is 5.11 Å². The smallest absolute Gasteiger partial charge is 0.421 e. The van der Waals surface area contributed by atoms with Gasteiger partial charge in [-0.05, 0) is 12.0 Å². The molecule has 5 nitrogen and oxygen atoms in total. The molecule has 0 aromatic heterocycles. The maximum atomic E-state index is 10.7. The van der Waals surface area contributed by atoms with Crippen LogP contribution < -0.4 is 5.84 Å². The van der Waals surface area contributed by atoms with Crippen molar-refractivity contribution in [1.29, 1.82) is 0 Å². The van der Waals surface area contributed by atoms with Gasteiger partial charge in [-0.2, -0.15) is 0 Å². The van der Waals surface area contributed by atoms with Gasteiger partial charge in [0.1, 0.15) is 0 Å². The molecule has 1 aliphatic heterocycles. The van der Waals surface area contributed by atoms with Crippen molar-refractivity contribution in [3.63, 3.8) is 0 Å². The van der Waals surface area contributed by atoms with Crippen LogP contribution in [0, 0.1) is 0 Å². The van der Waals surface area contributed by atoms with E-state index in [4.69, 9.17) is 10.9 Å². The number of benzene rings is 1. The van der Waals surface area contributed by atoms with Crippen LogP contribution in [0.25, 0.3) is 0 Å². The minimum Gasteiger partial charge on any atom is -0.464 e. The Morgan fingerprint density at radius 2 is 2.18 bits per heavy atom. The molecular weight excluding hydrogens is 218 g/mol. The molecule has 5 heteroatoms. The van der Waals surface area contributed by atoms with E-state index in [9.17, 15) is 4.79 Å². The number of carbonyl (C=O) groups is 1. The second-order valence-corrected chi connectivity index (χ2v) is 4.35. The van der Waals surface area contributed by atoms with Gasteiger partial charge in [0.15, 0.2) is 0 Å². The summed E-state index contributed by atoms with van der Waals surface area (Å²) < 4.78 is 0. The van der Waals surface area contributed by atoms with Gasteiger partial charge in [-0.3, -0.25) is 4.90 Å². The van der Waals surface area contributed by atoms with Gasteiger partial charge in [-0.15, -0.1) is 0 Å². The third-order valence-corrected chi connectivity index (χ3v) is 3.11. The molecule has 1 amide bonds. The van der Waals surface area contributed by atoms with E-state index in [0.717, 1.165) is 24.5 Å². The molecule has 92 valence electrons. The summed E-state index contributed by atoms with van der Waals surface area (Å²) in [6.45, 7) is 2.45. The Kier molecular flexibility index (Phi) is 3.61. The molecule has 1 unspecified atom stereocenters. The number of nitrogens with zero attached hydrogens (tertiary/aromatic N) is 2. The van der Waals surface area contributed by atoms with Crippen LogP contribution in [0.1, 0.15) is 12.0 Å². The number of nitrogens with two attached hydrogens (primary N) is 1. The average Bonchev–Trinajstić information content (AvgIpc) is 2.77. The van der Waals surface area contributed by atoms with Crippen LogP contribution in [0.4, 0.5) is 4.79 Å². The molecule has 0 bridgehead atoms. The quantitative estimate of drug-likeness (QED) is 0.468. The number of hydrogen-bond donors (Lipinski definition) is 2. The maximum Gasteiger partial charge on any atom is 0.421 e. The second-order valence-electron chi connectivity index (χ2n) is 4.35. The normalized spacial score (nSPS) is 20.4. The Morgan fingerprint density at radius 3 is 2.82 bits per heavy atom. The number of rotatable bonds is 3. The lowest BCUT2D eigenvalue weighted by molar-refractivity contribution is 0.125. The molecule has 1 saturated heterocycles. The minimum absolute atomic E-state index is 0.0868. The maximum absolute atomic E-state index is 10.7. The summed E-state index contributed by atoms with van der Waals surface area (Å²) in [5.41, 5.74) is 1.24. The predicted octanol–water partition coefficient (Wildman–Crippen LogP) is 1.11. The van der Waals surface area contributed by atoms with Gasteiger partial charge >= 0.3 is 6.09 Å². The number of hydrogen-bond acceptors (Lipinski definition) is 3. The first-order chi connectivity index (χ1) is 8.16. The molecule has 1 aliphatic rings. The number of hydrazine groups is 1. The summed E-state index contributed by atoms with van der Waals surface area (Å²) in [5.74, 6) is 5.48. The summed E-state index contributed by atoms with van der Waals surface area (Å²) in [5, 5.41) is 9.72. The Balaban J connectivity index is 1.88. The molecular formula is C12H17N3O2. The molecule has 1 aromatic carbocycles. The first-order valence-corrected chi connectivity index (χ1v) is 5.70. The predicted molar refractivity (Wildman–Crippen MR) is 64.2 cm³/mol. The highest BCUT2D eigenvalue weighted by atomic mass is 16.4. The van der Waals surface area contributed by atoms with Crippen LogP contribution in [0.3, 0.4) is 0 Å². The van der Waals surface area contributed by atoms with Crippen molar-refractivity contribution in [2.75, 3.05) is 13.1 Å². The summed E-state index contributed by atoms with van der Waals surface area (Å²) in [6, 6.07) is 10.1. The van der Waals surface area contributed by atoms with E-state index in [1.807, 2.05) is 18.2 Å². The standard InChI is InChI=1S/C12H17N3O2/c13-15(12(16)17)11-6-7-14(9-11)8-10-4-2-1-3-5-10/h1-5,11H,6-9,13H2,(H,16,17). The van der Waals surface area contributed by atoms with E-state index < -0.39 is 6.09 Å². The molecule has 1 aromatic rings. The lowest BCUT2D eigenvalue weighted by atomic mass is 10.2. The number of amides is 1. The van der Waals surface area contributed by atoms with E-state index in [-0.39, 0.29) is 6.04 Å². The number of likely N-dealkylation sites (tertiary alicyclic amines) is 1. The fourth-order valence-corrected chi connectivity index (χ4v) is 2.18. The highest BCUT2D eigenvalue weighted by molar-refractivity contribution is 5.64. The first kappa shape index (κ1) is 11.9. The number of carboxylic acid groups (broad SMARTS) is 1. The second kappa shape index (κ2) is 5.16. The summed E-state index contributed by atoms with van der Waals surface area (Å²) >= 11 is 0. The third kappa shape index (κ3) is 2.95. The minimum atomic E-state index is -1.06. The third-order valence-electron chi connectivity index (χ3n) is 3.11. The van der Waals surface area contributed by atoms with E-state index in [2.05, 4.69) is 17.0 Å². The van der Waals surface area contributed by atoms with Crippen LogP contribution in [0.2, 0.25) is 0 Å². The van der Waals surface area contributed by atoms with Crippen molar-refractivity contribution in [3.8, 4) is 0 Å². The molecule has 3 N–H and O–H groups in total. The average molecular weight is 235 g/mol. The van der Waals surface area contributed by atoms with Crippen molar-refractivity contribution in [2.24, 2.45) is 5.84 Å². The molecule has 1 fully saturated rings. The fourth-order valence-electron chi connectivity index (χ4n) is 2.18. The molecule has 17 heavy (non-hydrogen) atoms. The van der Waals surface area contributed by atoms with Crippen LogP contribution in [-0.2, 0) is 6.54 Å². The lowest BCUT2D eigenvalue weighted by Gasteiger charge is -2.21. The lowest BCUT2D eigenvalue weighted by Crippen LogP contribution is -2.46. The zero-order valence-electron chi connectivity index (χ0n) is 9.62. The van der Waals surface area contributed by atoms with Crippen LogP contribution in [0.5, 0.6) is 0 Å². The van der Waals surface area contributed by atoms with Crippen LogP contribution in [0.15, 0.2) is 30.3 Å². The van der Waals surface area contributed by atoms with Gasteiger partial charge in [-0.25, -0.2) is 15.6 Å². The molecule has 0 spiro atoms. The van der Waals surface area contributed by atoms with Gasteiger partial charge in [-0.1, -0.05) is 30.3 Å².